The van der Waals surface area contributed by atoms with Gasteiger partial charge in [0.2, 0.25) is 0 Å². The van der Waals surface area contributed by atoms with E-state index in [1.807, 2.05) is 30.3 Å². The van der Waals surface area contributed by atoms with E-state index in [9.17, 15) is 19.5 Å². The number of benzene rings is 2. The minimum atomic E-state index is -4.22. The van der Waals surface area contributed by atoms with Crippen LogP contribution in [0.4, 0.5) is 5.69 Å². The van der Waals surface area contributed by atoms with Gasteiger partial charge in [0.05, 0.1) is 16.6 Å². The zero-order chi connectivity index (χ0) is 21.0. The first kappa shape index (κ1) is 20.7. The maximum Gasteiger partial charge on any atom is 0.325 e. The monoisotopic (exact) mass is 418 g/mol. The number of nitro benzene ring substituents is 1. The van der Waals surface area contributed by atoms with Crippen molar-refractivity contribution >= 4 is 24.2 Å². The number of pyridine rings is 1. The van der Waals surface area contributed by atoms with Crippen molar-refractivity contribution in [2.24, 2.45) is 0 Å². The Hall–Kier alpha value is -3.00. The molecular weight excluding hydrogens is 399 g/mol. The smallest absolute Gasteiger partial charge is 0.325 e. The third-order valence-corrected chi connectivity index (χ3v) is 5.23. The Balaban J connectivity index is 2.00. The van der Waals surface area contributed by atoms with Crippen LogP contribution in [0.5, 0.6) is 5.75 Å². The van der Waals surface area contributed by atoms with E-state index in [0.717, 1.165) is 5.56 Å². The molecule has 2 aromatic carbocycles. The highest BCUT2D eigenvalue weighted by atomic mass is 31.2. The van der Waals surface area contributed by atoms with Gasteiger partial charge in [0.1, 0.15) is 6.61 Å². The van der Waals surface area contributed by atoms with Crippen LogP contribution in [-0.4, -0.2) is 25.4 Å². The molecular formula is C19H19N2O7P. The highest BCUT2D eigenvalue weighted by molar-refractivity contribution is 7.51. The standard InChI is InChI=1S/C19H19N2O7P/c22-19-18(28-13-14-5-2-1-3-6-14)11-15-7-8-16(21(23)24)12-17(15)20(19)9-4-10-29(25,26)27/h1-3,5-8,11-12H,4,9-10,13H2,(H2,25,26,27). The molecule has 0 aliphatic carbocycles. The molecule has 0 radical (unpaired) electrons. The maximum atomic E-state index is 12.9. The van der Waals surface area contributed by atoms with Crippen molar-refractivity contribution in [3.8, 4) is 5.75 Å². The van der Waals surface area contributed by atoms with Gasteiger partial charge in [-0.1, -0.05) is 30.3 Å². The van der Waals surface area contributed by atoms with E-state index in [1.54, 1.807) is 0 Å². The number of ether oxygens (including phenoxy) is 1. The zero-order valence-electron chi connectivity index (χ0n) is 15.3. The van der Waals surface area contributed by atoms with E-state index in [1.165, 1.54) is 28.8 Å². The van der Waals surface area contributed by atoms with Crippen LogP contribution in [0.25, 0.3) is 10.9 Å². The van der Waals surface area contributed by atoms with Crippen molar-refractivity contribution in [2.75, 3.05) is 6.16 Å². The van der Waals surface area contributed by atoms with E-state index in [2.05, 4.69) is 0 Å². The molecule has 10 heteroatoms. The summed E-state index contributed by atoms with van der Waals surface area (Å²) in [6, 6.07) is 14.9. The summed E-state index contributed by atoms with van der Waals surface area (Å²) >= 11 is 0. The number of nitrogens with zero attached hydrogens (tertiary/aromatic N) is 2. The molecule has 0 saturated carbocycles. The largest absolute Gasteiger partial charge is 0.483 e. The van der Waals surface area contributed by atoms with E-state index < -0.39 is 24.2 Å². The summed E-state index contributed by atoms with van der Waals surface area (Å²) in [6.07, 6.45) is -0.366. The topological polar surface area (TPSA) is 132 Å². The second-order valence-electron chi connectivity index (χ2n) is 6.48. The van der Waals surface area contributed by atoms with Crippen LogP contribution in [-0.2, 0) is 17.7 Å². The van der Waals surface area contributed by atoms with E-state index in [-0.39, 0.29) is 31.0 Å². The molecule has 3 rings (SSSR count). The molecule has 0 bridgehead atoms. The van der Waals surface area contributed by atoms with Gasteiger partial charge >= 0.3 is 7.60 Å². The lowest BCUT2D eigenvalue weighted by molar-refractivity contribution is -0.384. The number of fused-ring (bicyclic) bond motifs is 1. The fourth-order valence-corrected chi connectivity index (χ4v) is 3.50. The quantitative estimate of drug-likeness (QED) is 0.326. The first-order valence-corrected chi connectivity index (χ1v) is 10.6. The van der Waals surface area contributed by atoms with E-state index in [0.29, 0.717) is 10.9 Å². The summed E-state index contributed by atoms with van der Waals surface area (Å²) in [5, 5.41) is 11.7. The summed E-state index contributed by atoms with van der Waals surface area (Å²) in [5.41, 5.74) is 0.476. The van der Waals surface area contributed by atoms with Crippen molar-refractivity contribution in [1.29, 1.82) is 0 Å². The average molecular weight is 418 g/mol. The molecule has 1 aromatic heterocycles. The molecule has 152 valence electrons. The second-order valence-corrected chi connectivity index (χ2v) is 8.26. The van der Waals surface area contributed by atoms with Gasteiger partial charge in [0.25, 0.3) is 11.2 Å². The number of rotatable bonds is 8. The molecule has 9 nitrogen and oxygen atoms in total. The average Bonchev–Trinajstić information content (AvgIpc) is 2.67. The maximum absolute atomic E-state index is 12.9. The van der Waals surface area contributed by atoms with Crippen LogP contribution >= 0.6 is 7.60 Å². The Bertz CT molecular complexity index is 1140. The Morgan fingerprint density at radius 1 is 1.10 bits per heavy atom. The van der Waals surface area contributed by atoms with Crippen LogP contribution in [0.2, 0.25) is 0 Å². The zero-order valence-corrected chi connectivity index (χ0v) is 16.2. The minimum Gasteiger partial charge on any atom is -0.483 e. The second kappa shape index (κ2) is 8.57. The lowest BCUT2D eigenvalue weighted by atomic mass is 10.2. The normalized spacial score (nSPS) is 11.5. The number of hydrogen-bond donors (Lipinski definition) is 2. The van der Waals surface area contributed by atoms with E-state index in [4.69, 9.17) is 14.5 Å². The van der Waals surface area contributed by atoms with Crippen LogP contribution in [0.1, 0.15) is 12.0 Å². The molecule has 2 N–H and O–H groups in total. The molecule has 0 unspecified atom stereocenters. The van der Waals surface area contributed by atoms with Crippen molar-refractivity contribution in [3.63, 3.8) is 0 Å². The number of nitro groups is 1. The molecule has 0 atom stereocenters. The van der Waals surface area contributed by atoms with Gasteiger partial charge < -0.3 is 19.1 Å². The molecule has 0 saturated heterocycles. The Morgan fingerprint density at radius 2 is 1.83 bits per heavy atom. The SMILES string of the molecule is O=c1c(OCc2ccccc2)cc2ccc([N+](=O)[O-])cc2n1CCCP(=O)(O)O. The summed E-state index contributed by atoms with van der Waals surface area (Å²) in [7, 11) is -4.22. The Morgan fingerprint density at radius 3 is 2.48 bits per heavy atom. The summed E-state index contributed by atoms with van der Waals surface area (Å²) < 4.78 is 18.1. The summed E-state index contributed by atoms with van der Waals surface area (Å²) in [5.74, 6) is 0.0615. The first-order chi connectivity index (χ1) is 13.7. The van der Waals surface area contributed by atoms with Crippen molar-refractivity contribution < 1.29 is 24.0 Å². The molecule has 0 amide bonds. The third-order valence-electron chi connectivity index (χ3n) is 4.33. The van der Waals surface area contributed by atoms with Crippen molar-refractivity contribution in [1.82, 2.24) is 4.57 Å². The van der Waals surface area contributed by atoms with Gasteiger partial charge in [-0.05, 0) is 24.1 Å². The minimum absolute atomic E-state index is 0.00977. The van der Waals surface area contributed by atoms with Gasteiger partial charge in [-0.3, -0.25) is 19.5 Å². The third kappa shape index (κ3) is 5.29. The van der Waals surface area contributed by atoms with Crippen molar-refractivity contribution in [2.45, 2.75) is 19.6 Å². The number of aryl methyl sites for hydroxylation is 1. The molecule has 0 spiro atoms. The summed E-state index contributed by atoms with van der Waals surface area (Å²) in [4.78, 5) is 41.6. The summed E-state index contributed by atoms with van der Waals surface area (Å²) in [6.45, 7) is 0.154. The fourth-order valence-electron chi connectivity index (χ4n) is 2.94. The highest BCUT2D eigenvalue weighted by Crippen LogP contribution is 2.35. The van der Waals surface area contributed by atoms with Crippen LogP contribution in [0.3, 0.4) is 0 Å². The van der Waals surface area contributed by atoms with Gasteiger partial charge in [0.15, 0.2) is 5.75 Å². The molecule has 1 heterocycles. The Kier molecular flexibility index (Phi) is 6.12. The van der Waals surface area contributed by atoms with Gasteiger partial charge in [-0.2, -0.15) is 0 Å². The number of hydrogen-bond acceptors (Lipinski definition) is 5. The van der Waals surface area contributed by atoms with E-state index >= 15 is 0 Å². The predicted molar refractivity (Wildman–Crippen MR) is 107 cm³/mol. The lowest BCUT2D eigenvalue weighted by Crippen LogP contribution is -2.23. The molecule has 0 aliphatic heterocycles. The first-order valence-electron chi connectivity index (χ1n) is 8.78. The van der Waals surface area contributed by atoms with Crippen LogP contribution in [0, 0.1) is 10.1 Å². The lowest BCUT2D eigenvalue weighted by Gasteiger charge is -2.14. The number of aromatic nitrogens is 1. The van der Waals surface area contributed by atoms with Crippen molar-refractivity contribution in [3.05, 3.63) is 80.6 Å². The van der Waals surface area contributed by atoms with Gasteiger partial charge in [0, 0.05) is 24.1 Å². The Labute approximate surface area is 165 Å². The number of non-ortho nitro benzene ring substituents is 1. The molecule has 3 aromatic rings. The van der Waals surface area contributed by atoms with Gasteiger partial charge in [-0.15, -0.1) is 0 Å². The fraction of sp³-hybridized carbons (Fsp3) is 0.211. The molecule has 0 fully saturated rings. The molecule has 0 aliphatic rings. The van der Waals surface area contributed by atoms with Crippen LogP contribution in [0.15, 0.2) is 59.4 Å². The predicted octanol–water partition coefficient (Wildman–Crippen LogP) is 3.06. The van der Waals surface area contributed by atoms with Crippen LogP contribution < -0.4 is 10.3 Å². The molecule has 29 heavy (non-hydrogen) atoms. The van der Waals surface area contributed by atoms with Gasteiger partial charge in [-0.25, -0.2) is 0 Å². The highest BCUT2D eigenvalue weighted by Gasteiger charge is 2.17.